The van der Waals surface area contributed by atoms with Crippen molar-refractivity contribution >= 4 is 22.6 Å². The molecule has 0 aliphatic carbocycles. The SMILES string of the molecule is Cc1ccc(F)c2c1cc(C)n2CCNc1cc(-c2ccc3c(c2)C(C)NC3=O)ncn1. The predicted octanol–water partition coefficient (Wildman–Crippen LogP) is 4.77. The van der Waals surface area contributed by atoms with Crippen LogP contribution in [0.3, 0.4) is 0 Å². The Kier molecular flexibility index (Phi) is 4.89. The fourth-order valence-corrected chi connectivity index (χ4v) is 4.44. The van der Waals surface area contributed by atoms with Crippen molar-refractivity contribution in [2.45, 2.75) is 33.4 Å². The van der Waals surface area contributed by atoms with Gasteiger partial charge in [0.05, 0.1) is 17.3 Å². The summed E-state index contributed by atoms with van der Waals surface area (Å²) < 4.78 is 16.5. The van der Waals surface area contributed by atoms with Crippen LogP contribution in [0, 0.1) is 19.7 Å². The van der Waals surface area contributed by atoms with Crippen LogP contribution in [0.15, 0.2) is 48.8 Å². The molecule has 2 N–H and O–H groups in total. The zero-order valence-corrected chi connectivity index (χ0v) is 18.2. The molecule has 1 unspecified atom stereocenters. The molecular weight excluding hydrogens is 405 g/mol. The Morgan fingerprint density at radius 1 is 1.12 bits per heavy atom. The van der Waals surface area contributed by atoms with Gasteiger partial charge in [0, 0.05) is 41.4 Å². The van der Waals surface area contributed by atoms with Crippen LogP contribution in [-0.2, 0) is 6.54 Å². The topological polar surface area (TPSA) is 71.8 Å². The van der Waals surface area contributed by atoms with E-state index in [-0.39, 0.29) is 17.8 Å². The summed E-state index contributed by atoms with van der Waals surface area (Å²) in [7, 11) is 0. The van der Waals surface area contributed by atoms with E-state index in [0.29, 0.717) is 30.0 Å². The maximum atomic E-state index is 14.5. The van der Waals surface area contributed by atoms with E-state index in [9.17, 15) is 9.18 Å². The summed E-state index contributed by atoms with van der Waals surface area (Å²) in [4.78, 5) is 20.7. The molecule has 162 valence electrons. The lowest BCUT2D eigenvalue weighted by molar-refractivity contribution is 0.0958. The second-order valence-corrected chi connectivity index (χ2v) is 8.28. The van der Waals surface area contributed by atoms with E-state index in [2.05, 4.69) is 20.6 Å². The number of nitrogens with one attached hydrogen (secondary N) is 2. The third kappa shape index (κ3) is 3.39. The van der Waals surface area contributed by atoms with Crippen LogP contribution >= 0.6 is 0 Å². The molecule has 7 heteroatoms. The van der Waals surface area contributed by atoms with Gasteiger partial charge in [-0.05, 0) is 56.2 Å². The van der Waals surface area contributed by atoms with Crippen LogP contribution in [0.4, 0.5) is 10.2 Å². The first-order valence-electron chi connectivity index (χ1n) is 10.7. The Bertz CT molecular complexity index is 1360. The van der Waals surface area contributed by atoms with Crippen LogP contribution in [-0.4, -0.2) is 27.0 Å². The van der Waals surface area contributed by atoms with Crippen molar-refractivity contribution in [3.63, 3.8) is 0 Å². The van der Waals surface area contributed by atoms with Gasteiger partial charge in [0.2, 0.25) is 0 Å². The molecule has 0 saturated carbocycles. The van der Waals surface area contributed by atoms with E-state index in [0.717, 1.165) is 33.5 Å². The summed E-state index contributed by atoms with van der Waals surface area (Å²) in [6, 6.07) is 13.0. The maximum absolute atomic E-state index is 14.5. The number of carbonyl (C=O) groups is 1. The Labute approximate surface area is 185 Å². The van der Waals surface area contributed by atoms with E-state index >= 15 is 0 Å². The number of carbonyl (C=O) groups excluding carboxylic acids is 1. The summed E-state index contributed by atoms with van der Waals surface area (Å²) in [5.74, 6) is 0.453. The number of aryl methyl sites for hydroxylation is 2. The Balaban J connectivity index is 1.35. The quantitative estimate of drug-likeness (QED) is 0.479. The van der Waals surface area contributed by atoms with Gasteiger partial charge in [0.1, 0.15) is 18.0 Å². The smallest absolute Gasteiger partial charge is 0.252 e. The van der Waals surface area contributed by atoms with Crippen LogP contribution in [0.2, 0.25) is 0 Å². The van der Waals surface area contributed by atoms with Gasteiger partial charge in [-0.1, -0.05) is 12.1 Å². The number of halogens is 1. The van der Waals surface area contributed by atoms with Crippen LogP contribution < -0.4 is 10.6 Å². The molecule has 0 bridgehead atoms. The molecule has 32 heavy (non-hydrogen) atoms. The molecule has 1 amide bonds. The van der Waals surface area contributed by atoms with Crippen molar-refractivity contribution < 1.29 is 9.18 Å². The first kappa shape index (κ1) is 20.2. The maximum Gasteiger partial charge on any atom is 0.252 e. The fraction of sp³-hybridized carbons (Fsp3) is 0.240. The number of hydrogen-bond donors (Lipinski definition) is 2. The van der Waals surface area contributed by atoms with E-state index in [1.807, 2.05) is 61.7 Å². The lowest BCUT2D eigenvalue weighted by Gasteiger charge is -2.12. The molecule has 2 aromatic carbocycles. The van der Waals surface area contributed by atoms with Gasteiger partial charge >= 0.3 is 0 Å². The Hall–Kier alpha value is -3.74. The lowest BCUT2D eigenvalue weighted by atomic mass is 10.0. The van der Waals surface area contributed by atoms with Crippen molar-refractivity contribution in [3.8, 4) is 11.3 Å². The number of aromatic nitrogens is 3. The van der Waals surface area contributed by atoms with Crippen molar-refractivity contribution in [2.24, 2.45) is 0 Å². The summed E-state index contributed by atoms with van der Waals surface area (Å²) >= 11 is 0. The Morgan fingerprint density at radius 2 is 1.97 bits per heavy atom. The van der Waals surface area contributed by atoms with Gasteiger partial charge in [0.15, 0.2) is 0 Å². The van der Waals surface area contributed by atoms with Crippen molar-refractivity contribution in [2.75, 3.05) is 11.9 Å². The minimum absolute atomic E-state index is 0.0134. The number of fused-ring (bicyclic) bond motifs is 2. The van der Waals surface area contributed by atoms with Crippen molar-refractivity contribution in [1.82, 2.24) is 19.9 Å². The highest BCUT2D eigenvalue weighted by Gasteiger charge is 2.25. The second kappa shape index (κ2) is 7.75. The van der Waals surface area contributed by atoms with Crippen LogP contribution in [0.1, 0.15) is 40.1 Å². The zero-order chi connectivity index (χ0) is 22.4. The third-order valence-electron chi connectivity index (χ3n) is 6.15. The van der Waals surface area contributed by atoms with Crippen molar-refractivity contribution in [3.05, 3.63) is 77.0 Å². The highest BCUT2D eigenvalue weighted by atomic mass is 19.1. The standard InChI is InChI=1S/C25H24FN5O/c1-14-4-7-21(26)24-19(14)10-15(2)31(24)9-8-27-23-12-22(28-13-29-23)17-5-6-18-20(11-17)16(3)30-25(18)32/h4-7,10-13,16H,8-9H2,1-3H3,(H,30,32)(H,27,28,29). The number of anilines is 1. The first-order chi connectivity index (χ1) is 15.4. The molecule has 0 fully saturated rings. The van der Waals surface area contributed by atoms with Crippen LogP contribution in [0.5, 0.6) is 0 Å². The molecule has 6 nitrogen and oxygen atoms in total. The predicted molar refractivity (Wildman–Crippen MR) is 123 cm³/mol. The fourth-order valence-electron chi connectivity index (χ4n) is 4.44. The highest BCUT2D eigenvalue weighted by molar-refractivity contribution is 5.99. The normalized spacial score (nSPS) is 15.1. The average molecular weight is 429 g/mol. The summed E-state index contributed by atoms with van der Waals surface area (Å²) in [5, 5.41) is 7.20. The first-order valence-corrected chi connectivity index (χ1v) is 10.7. The lowest BCUT2D eigenvalue weighted by Crippen LogP contribution is -2.16. The molecule has 5 rings (SSSR count). The number of rotatable bonds is 5. The van der Waals surface area contributed by atoms with Gasteiger partial charge in [-0.3, -0.25) is 4.79 Å². The molecular formula is C25H24FN5O. The van der Waals surface area contributed by atoms with Gasteiger partial charge in [-0.2, -0.15) is 0 Å². The largest absolute Gasteiger partial charge is 0.368 e. The number of amides is 1. The van der Waals surface area contributed by atoms with Crippen LogP contribution in [0.25, 0.3) is 22.2 Å². The van der Waals surface area contributed by atoms with E-state index < -0.39 is 0 Å². The molecule has 1 atom stereocenters. The molecule has 4 aromatic rings. The highest BCUT2D eigenvalue weighted by Crippen LogP contribution is 2.30. The summed E-state index contributed by atoms with van der Waals surface area (Å²) in [6.07, 6.45) is 1.52. The van der Waals surface area contributed by atoms with E-state index in [4.69, 9.17) is 0 Å². The number of nitrogens with zero attached hydrogens (tertiary/aromatic N) is 3. The Morgan fingerprint density at radius 3 is 2.81 bits per heavy atom. The molecule has 0 saturated heterocycles. The van der Waals surface area contributed by atoms with Gasteiger partial charge in [-0.25, -0.2) is 14.4 Å². The minimum atomic E-state index is -0.207. The molecule has 1 aliphatic rings. The van der Waals surface area contributed by atoms with Crippen molar-refractivity contribution in [1.29, 1.82) is 0 Å². The minimum Gasteiger partial charge on any atom is -0.368 e. The third-order valence-corrected chi connectivity index (χ3v) is 6.15. The van der Waals surface area contributed by atoms with Gasteiger partial charge < -0.3 is 15.2 Å². The van der Waals surface area contributed by atoms with Gasteiger partial charge in [-0.15, -0.1) is 0 Å². The molecule has 0 spiro atoms. The molecule has 3 heterocycles. The van der Waals surface area contributed by atoms with E-state index in [1.165, 1.54) is 12.4 Å². The van der Waals surface area contributed by atoms with E-state index in [1.54, 1.807) is 0 Å². The average Bonchev–Trinajstić information content (AvgIpc) is 3.27. The number of benzene rings is 2. The molecule has 2 aromatic heterocycles. The van der Waals surface area contributed by atoms with Gasteiger partial charge in [0.25, 0.3) is 5.91 Å². The number of hydrogen-bond acceptors (Lipinski definition) is 4. The second-order valence-electron chi connectivity index (χ2n) is 8.28. The molecule has 1 aliphatic heterocycles. The monoisotopic (exact) mass is 429 g/mol. The summed E-state index contributed by atoms with van der Waals surface area (Å²) in [6.45, 7) is 7.17. The summed E-state index contributed by atoms with van der Waals surface area (Å²) in [5.41, 5.74) is 6.14. The zero-order valence-electron chi connectivity index (χ0n) is 18.2. The molecule has 0 radical (unpaired) electrons.